The molecule has 1 atom stereocenters. The summed E-state index contributed by atoms with van der Waals surface area (Å²) in [5.41, 5.74) is 0.485. The number of ether oxygens (including phenoxy) is 3. The first-order valence-corrected chi connectivity index (χ1v) is 11.6. The van der Waals surface area contributed by atoms with Crippen LogP contribution in [0.5, 0.6) is 23.0 Å². The Morgan fingerprint density at radius 2 is 1.86 bits per heavy atom. The molecule has 0 aliphatic heterocycles. The molecule has 3 rings (SSSR count). The van der Waals surface area contributed by atoms with E-state index in [-0.39, 0.29) is 53.4 Å². The van der Waals surface area contributed by atoms with Crippen molar-refractivity contribution in [2.75, 3.05) is 24.6 Å². The van der Waals surface area contributed by atoms with E-state index in [1.165, 1.54) is 19.2 Å². The van der Waals surface area contributed by atoms with Crippen molar-refractivity contribution in [3.63, 3.8) is 0 Å². The van der Waals surface area contributed by atoms with Crippen molar-refractivity contribution in [3.8, 4) is 23.0 Å². The van der Waals surface area contributed by atoms with Gasteiger partial charge < -0.3 is 29.0 Å². The first kappa shape index (κ1) is 25.9. The van der Waals surface area contributed by atoms with Gasteiger partial charge >= 0.3 is 5.97 Å². The van der Waals surface area contributed by atoms with Crippen LogP contribution in [0.4, 0.5) is 11.5 Å². The molecule has 3 aromatic rings. The molecule has 35 heavy (non-hydrogen) atoms. The van der Waals surface area contributed by atoms with Crippen LogP contribution < -0.4 is 18.5 Å². The highest BCUT2D eigenvalue weighted by Crippen LogP contribution is 2.46. The Balaban J connectivity index is 2.26. The lowest BCUT2D eigenvalue weighted by atomic mass is 10.1. The van der Waals surface area contributed by atoms with Crippen molar-refractivity contribution in [2.24, 2.45) is 0 Å². The van der Waals surface area contributed by atoms with E-state index in [2.05, 4.69) is 4.98 Å². The number of pyridine rings is 1. The van der Waals surface area contributed by atoms with E-state index in [9.17, 15) is 23.8 Å². The molecule has 1 aromatic heterocycles. The summed E-state index contributed by atoms with van der Waals surface area (Å²) in [6.07, 6.45) is 1.55. The molecule has 0 saturated heterocycles. The van der Waals surface area contributed by atoms with Crippen LogP contribution in [-0.4, -0.2) is 50.3 Å². The van der Waals surface area contributed by atoms with Crippen LogP contribution in [0.1, 0.15) is 35.7 Å². The van der Waals surface area contributed by atoms with Crippen molar-refractivity contribution in [1.29, 1.82) is 0 Å². The highest BCUT2D eigenvalue weighted by Gasteiger charge is 2.25. The second-order valence-corrected chi connectivity index (χ2v) is 8.37. The average molecular weight is 502 g/mol. The summed E-state index contributed by atoms with van der Waals surface area (Å²) in [6.45, 7) is 3.39. The number of rotatable bonds is 11. The maximum atomic E-state index is 12.4. The number of nitrogens with zero attached hydrogens (tertiary/aromatic N) is 2. The molecule has 2 N–H and O–H groups in total. The molecule has 10 nitrogen and oxygen atoms in total. The van der Waals surface area contributed by atoms with E-state index in [4.69, 9.17) is 14.2 Å². The Labute approximate surface area is 205 Å². The van der Waals surface area contributed by atoms with Crippen LogP contribution in [0.3, 0.4) is 0 Å². The van der Waals surface area contributed by atoms with Gasteiger partial charge in [0.1, 0.15) is 18.1 Å². The zero-order chi connectivity index (χ0) is 25.5. The lowest BCUT2D eigenvalue weighted by Crippen LogP contribution is -2.22. The van der Waals surface area contributed by atoms with Gasteiger partial charge in [0.2, 0.25) is 0 Å². The Hall–Kier alpha value is -3.67. The number of hydrogen-bond donors (Lipinski definition) is 2. The summed E-state index contributed by atoms with van der Waals surface area (Å²) in [7, 11) is 1.44. The minimum Gasteiger partial charge on any atom is -0.755 e. The fraction of sp³-hybridized carbons (Fsp3) is 0.250. The molecule has 0 aliphatic carbocycles. The number of carboxylic acids is 1. The van der Waals surface area contributed by atoms with E-state index in [0.29, 0.717) is 5.75 Å². The molecule has 0 aliphatic rings. The molecular formula is C24H25N2O8S-. The van der Waals surface area contributed by atoms with E-state index in [1.807, 2.05) is 13.8 Å². The molecule has 0 radical (unpaired) electrons. The van der Waals surface area contributed by atoms with Crippen LogP contribution in [0.25, 0.3) is 0 Å². The maximum Gasteiger partial charge on any atom is 0.335 e. The van der Waals surface area contributed by atoms with E-state index in [0.717, 1.165) is 15.9 Å². The molecule has 0 spiro atoms. The number of hydrogen-bond acceptors (Lipinski definition) is 8. The number of aliphatic hydroxyl groups excluding tert-OH is 1. The second-order valence-electron chi connectivity index (χ2n) is 7.57. The van der Waals surface area contributed by atoms with Gasteiger partial charge in [0.15, 0.2) is 23.0 Å². The van der Waals surface area contributed by atoms with Crippen LogP contribution >= 0.6 is 0 Å². The third-order valence-electron chi connectivity index (χ3n) is 4.93. The first-order chi connectivity index (χ1) is 16.8. The Morgan fingerprint density at radius 3 is 2.40 bits per heavy atom. The summed E-state index contributed by atoms with van der Waals surface area (Å²) >= 11 is -2.92. The summed E-state index contributed by atoms with van der Waals surface area (Å²) < 4.78 is 42.6. The van der Waals surface area contributed by atoms with E-state index >= 15 is 0 Å². The fourth-order valence-corrected chi connectivity index (χ4v) is 3.74. The Morgan fingerprint density at radius 1 is 1.14 bits per heavy atom. The standard InChI is InChI=1S/C24H26N2O8S/c1-15(2)16-8-9-22(25-14-16)26(35(30)31)18-12-17(24(28)29)13-21(33-11-10-27)23(18)34-20-7-5-4-6-19(20)32-3/h4-9,12-15,27H,10-11H2,1-3H3,(H,28,29)(H,30,31)/p-1. The first-order valence-electron chi connectivity index (χ1n) is 10.6. The lowest BCUT2D eigenvalue weighted by Gasteiger charge is -2.28. The van der Waals surface area contributed by atoms with Gasteiger partial charge in [0.05, 0.1) is 30.5 Å². The Bertz CT molecular complexity index is 1200. The number of carbonyl (C=O) groups is 1. The van der Waals surface area contributed by atoms with E-state index < -0.39 is 17.2 Å². The van der Waals surface area contributed by atoms with Gasteiger partial charge in [-0.25, -0.2) is 9.78 Å². The second kappa shape index (κ2) is 11.6. The molecule has 0 amide bonds. The number of benzene rings is 2. The SMILES string of the molecule is COc1ccccc1Oc1c(OCCO)cc(C(=O)O)cc1N(c1ccc(C(C)C)cn1)S(=O)[O-]. The van der Waals surface area contributed by atoms with Crippen molar-refractivity contribution in [2.45, 2.75) is 19.8 Å². The molecule has 0 fully saturated rings. The number of para-hydroxylation sites is 2. The van der Waals surface area contributed by atoms with Gasteiger partial charge in [0.25, 0.3) is 0 Å². The number of aromatic carboxylic acids is 1. The summed E-state index contributed by atoms with van der Waals surface area (Å²) in [4.78, 5) is 16.1. The highest BCUT2D eigenvalue weighted by atomic mass is 32.2. The van der Waals surface area contributed by atoms with Gasteiger partial charge in [-0.1, -0.05) is 32.0 Å². The smallest absolute Gasteiger partial charge is 0.335 e. The van der Waals surface area contributed by atoms with Crippen LogP contribution in [0, 0.1) is 0 Å². The van der Waals surface area contributed by atoms with Gasteiger partial charge in [-0.3, -0.25) is 8.51 Å². The highest BCUT2D eigenvalue weighted by molar-refractivity contribution is 7.81. The van der Waals surface area contributed by atoms with E-state index in [1.54, 1.807) is 36.5 Å². The fourth-order valence-electron chi connectivity index (χ4n) is 3.18. The number of anilines is 2. The molecule has 2 aromatic carbocycles. The number of carboxylic acid groups (broad SMARTS) is 1. The zero-order valence-corrected chi connectivity index (χ0v) is 20.2. The van der Waals surface area contributed by atoms with Gasteiger partial charge in [-0.15, -0.1) is 0 Å². The summed E-state index contributed by atoms with van der Waals surface area (Å²) in [5, 5.41) is 18.9. The third kappa shape index (κ3) is 6.07. The summed E-state index contributed by atoms with van der Waals surface area (Å²) in [6, 6.07) is 12.2. The van der Waals surface area contributed by atoms with Gasteiger partial charge in [-0.2, -0.15) is 0 Å². The topological polar surface area (TPSA) is 141 Å². The van der Waals surface area contributed by atoms with Crippen LogP contribution in [0.15, 0.2) is 54.7 Å². The Kier molecular flexibility index (Phi) is 8.63. The molecular weight excluding hydrogens is 476 g/mol. The minimum atomic E-state index is -2.92. The maximum absolute atomic E-state index is 12.4. The molecule has 1 unspecified atom stereocenters. The van der Waals surface area contributed by atoms with Crippen LogP contribution in [-0.2, 0) is 11.3 Å². The molecule has 0 saturated carbocycles. The molecule has 186 valence electrons. The number of methoxy groups -OCH3 is 1. The van der Waals surface area contributed by atoms with Gasteiger partial charge in [-0.05, 0) is 41.8 Å². The lowest BCUT2D eigenvalue weighted by molar-refractivity contribution is 0.0696. The van der Waals surface area contributed by atoms with Crippen molar-refractivity contribution < 1.29 is 38.0 Å². The molecule has 11 heteroatoms. The molecule has 1 heterocycles. The van der Waals surface area contributed by atoms with Gasteiger partial charge in [0, 0.05) is 6.20 Å². The largest absolute Gasteiger partial charge is 0.755 e. The van der Waals surface area contributed by atoms with Crippen molar-refractivity contribution in [1.82, 2.24) is 4.98 Å². The predicted octanol–water partition coefficient (Wildman–Crippen LogP) is 4.01. The summed E-state index contributed by atoms with van der Waals surface area (Å²) in [5.74, 6) is -0.745. The van der Waals surface area contributed by atoms with Crippen LogP contribution in [0.2, 0.25) is 0 Å². The number of aliphatic hydroxyl groups is 1. The number of aromatic nitrogens is 1. The molecule has 0 bridgehead atoms. The normalized spacial score (nSPS) is 11.7. The predicted molar refractivity (Wildman–Crippen MR) is 128 cm³/mol. The minimum absolute atomic E-state index is 0.0169. The third-order valence-corrected chi connectivity index (χ3v) is 5.61. The van der Waals surface area contributed by atoms with Crippen molar-refractivity contribution in [3.05, 3.63) is 65.9 Å². The average Bonchev–Trinajstić information content (AvgIpc) is 2.84. The quantitative estimate of drug-likeness (QED) is 0.373. The van der Waals surface area contributed by atoms with Crippen molar-refractivity contribution >= 4 is 28.7 Å². The monoisotopic (exact) mass is 501 g/mol. The zero-order valence-electron chi connectivity index (χ0n) is 19.3.